The van der Waals surface area contributed by atoms with Crippen molar-refractivity contribution in [1.82, 2.24) is 20.2 Å². The van der Waals surface area contributed by atoms with Gasteiger partial charge in [-0.1, -0.05) is 18.1 Å². The topological polar surface area (TPSA) is 76.4 Å². The van der Waals surface area contributed by atoms with Gasteiger partial charge in [-0.05, 0) is 73.7 Å². The summed E-state index contributed by atoms with van der Waals surface area (Å²) in [6, 6.07) is 0.895. The van der Waals surface area contributed by atoms with Crippen molar-refractivity contribution in [3.8, 4) is 0 Å². The summed E-state index contributed by atoms with van der Waals surface area (Å²) in [6.07, 6.45) is -16.2. The zero-order valence-corrected chi connectivity index (χ0v) is 23.9. The highest BCUT2D eigenvalue weighted by Gasteiger charge is 2.46. The number of nitrogens with zero attached hydrogens (tertiary/aromatic N) is 6. The number of amides is 1. The van der Waals surface area contributed by atoms with Gasteiger partial charge < -0.3 is 9.64 Å². The van der Waals surface area contributed by atoms with Gasteiger partial charge in [0.2, 0.25) is 0 Å². The fourth-order valence-corrected chi connectivity index (χ4v) is 5.36. The Labute approximate surface area is 246 Å². The van der Waals surface area contributed by atoms with Crippen LogP contribution in [0.25, 0.3) is 0 Å². The number of alkyl halides is 9. The molecule has 1 amide bonds. The maximum atomic E-state index is 13.9. The van der Waals surface area contributed by atoms with Crippen molar-refractivity contribution in [1.29, 1.82) is 0 Å². The number of aryl methyl sites for hydroxylation is 1. The third kappa shape index (κ3) is 7.12. The second kappa shape index (κ2) is 12.0. The molecule has 17 heteroatoms. The van der Waals surface area contributed by atoms with Crippen LogP contribution in [-0.4, -0.2) is 57.3 Å². The monoisotopic (exact) mass is 640 g/mol. The minimum absolute atomic E-state index is 0.0438. The number of tetrazole rings is 1. The summed E-state index contributed by atoms with van der Waals surface area (Å²) in [5.74, 6) is -2.68. The van der Waals surface area contributed by atoms with Gasteiger partial charge in [-0.15, -0.1) is 5.10 Å². The molecule has 1 aliphatic carbocycles. The number of fused-ring (bicyclic) bond motifs is 1. The van der Waals surface area contributed by atoms with E-state index in [1.54, 1.807) is 20.8 Å². The van der Waals surface area contributed by atoms with E-state index in [1.165, 1.54) is 16.8 Å². The Morgan fingerprint density at radius 2 is 1.77 bits per heavy atom. The second-order valence-electron chi connectivity index (χ2n) is 10.9. The summed E-state index contributed by atoms with van der Waals surface area (Å²) < 4.78 is 129. The second-order valence-corrected chi connectivity index (χ2v) is 10.9. The van der Waals surface area contributed by atoms with Gasteiger partial charge in [0.05, 0.1) is 41.9 Å². The molecule has 0 fully saturated rings. The number of rotatable bonds is 6. The normalized spacial score (nSPS) is 21.1. The first-order chi connectivity index (χ1) is 20.3. The quantitative estimate of drug-likeness (QED) is 0.309. The van der Waals surface area contributed by atoms with Crippen LogP contribution in [0, 0.1) is 5.92 Å². The highest BCUT2D eigenvalue weighted by atomic mass is 19.4. The number of halogens is 9. The lowest BCUT2D eigenvalue weighted by Crippen LogP contribution is -2.49. The molecule has 4 rings (SSSR count). The third-order valence-corrected chi connectivity index (χ3v) is 7.31. The van der Waals surface area contributed by atoms with E-state index in [1.807, 2.05) is 0 Å². The Hall–Kier alpha value is -3.79. The lowest BCUT2D eigenvalue weighted by molar-refractivity contribution is -0.162. The first-order valence-corrected chi connectivity index (χ1v) is 13.6. The molecule has 0 saturated carbocycles. The molecule has 2 aliphatic rings. The lowest BCUT2D eigenvalue weighted by Gasteiger charge is -2.44. The van der Waals surface area contributed by atoms with Crippen molar-refractivity contribution in [2.75, 3.05) is 16.3 Å². The van der Waals surface area contributed by atoms with E-state index in [-0.39, 0.29) is 41.7 Å². The summed E-state index contributed by atoms with van der Waals surface area (Å²) in [5, 5.41) is 11.7. The number of hydrogen-bond acceptors (Lipinski definition) is 6. The Kier molecular flexibility index (Phi) is 8.99. The fourth-order valence-electron chi connectivity index (χ4n) is 5.36. The molecule has 8 nitrogen and oxygen atoms in total. The van der Waals surface area contributed by atoms with Crippen molar-refractivity contribution in [3.05, 3.63) is 52.6 Å². The molecule has 1 unspecified atom stereocenters. The number of allylic oxidation sites excluding steroid dienone is 3. The van der Waals surface area contributed by atoms with Crippen molar-refractivity contribution in [2.45, 2.75) is 76.8 Å². The number of benzene rings is 1. The summed E-state index contributed by atoms with van der Waals surface area (Å²) in [4.78, 5) is 16.6. The molecule has 242 valence electrons. The molecule has 2 aromatic rings. The Morgan fingerprint density at radius 1 is 1.09 bits per heavy atom. The van der Waals surface area contributed by atoms with Crippen LogP contribution in [0.2, 0.25) is 0 Å². The van der Waals surface area contributed by atoms with Gasteiger partial charge >= 0.3 is 24.6 Å². The number of hydrogen-bond donors (Lipinski definition) is 0. The summed E-state index contributed by atoms with van der Waals surface area (Å²) in [5.41, 5.74) is -2.88. The van der Waals surface area contributed by atoms with Crippen molar-refractivity contribution >= 4 is 17.7 Å². The van der Waals surface area contributed by atoms with Crippen LogP contribution in [-0.2, 0) is 18.0 Å². The lowest BCUT2D eigenvalue weighted by atomic mass is 9.86. The molecule has 0 saturated heterocycles. The smallest absolute Gasteiger partial charge is 0.416 e. The predicted octanol–water partition coefficient (Wildman–Crippen LogP) is 7.31. The van der Waals surface area contributed by atoms with Gasteiger partial charge in [0.15, 0.2) is 0 Å². The molecular formula is C27H29F9N6O2. The van der Waals surface area contributed by atoms with E-state index in [0.717, 1.165) is 23.0 Å². The molecular weight excluding hydrogens is 611 g/mol. The molecule has 1 aromatic carbocycles. The van der Waals surface area contributed by atoms with Gasteiger partial charge in [0.1, 0.15) is 0 Å². The first kappa shape index (κ1) is 33.1. The van der Waals surface area contributed by atoms with Crippen LogP contribution >= 0.6 is 0 Å². The number of anilines is 2. The van der Waals surface area contributed by atoms with Gasteiger partial charge in [-0.3, -0.25) is 4.90 Å². The molecule has 1 aromatic heterocycles. The molecule has 0 bridgehead atoms. The zero-order chi connectivity index (χ0) is 32.8. The Morgan fingerprint density at radius 3 is 2.30 bits per heavy atom. The molecule has 0 N–H and O–H groups in total. The maximum absolute atomic E-state index is 13.9. The highest BCUT2D eigenvalue weighted by molar-refractivity contribution is 5.90. The van der Waals surface area contributed by atoms with E-state index in [9.17, 15) is 44.3 Å². The average molecular weight is 641 g/mol. The van der Waals surface area contributed by atoms with Crippen LogP contribution in [0.15, 0.2) is 41.5 Å². The molecule has 44 heavy (non-hydrogen) atoms. The standard InChI is InChI=1S/C27H29F9N6O2/c1-5-19-12-22(20-11-16(25(28,29)30)6-7-21(20)42(19)24(43)44-14(2)3)41(23-37-39-40(4)38-23)13-15-8-17(26(31,32)33)10-18(9-15)27(34,35)36/h6-8,10-11,14,18-19,22H,5,9,12-13H2,1-4H3/t18?,19-,22+/m1/s1. The van der Waals surface area contributed by atoms with Crippen LogP contribution in [0.3, 0.4) is 0 Å². The Balaban J connectivity index is 1.88. The van der Waals surface area contributed by atoms with Gasteiger partial charge in [0, 0.05) is 12.6 Å². The number of carbonyl (C=O) groups excluding carboxylic acids is 1. The molecule has 1 aliphatic heterocycles. The van der Waals surface area contributed by atoms with E-state index in [2.05, 4.69) is 15.4 Å². The van der Waals surface area contributed by atoms with E-state index in [0.29, 0.717) is 6.08 Å². The molecule has 2 heterocycles. The number of carbonyl (C=O) groups is 1. The highest BCUT2D eigenvalue weighted by Crippen LogP contribution is 2.47. The van der Waals surface area contributed by atoms with Gasteiger partial charge in [-0.25, -0.2) is 4.79 Å². The van der Waals surface area contributed by atoms with Crippen molar-refractivity contribution < 1.29 is 49.0 Å². The SMILES string of the molecule is CC[C@@H]1C[C@H](N(CC2=CC(C(F)(F)F)=CC(C(F)(F)F)C2)c2nnn(C)n2)c2cc(C(F)(F)F)ccc2N1C(=O)OC(C)C. The average Bonchev–Trinajstić information content (AvgIpc) is 3.34. The van der Waals surface area contributed by atoms with E-state index in [4.69, 9.17) is 4.74 Å². The Bertz CT molecular complexity index is 1430. The fraction of sp³-hybridized carbons (Fsp3) is 0.556. The van der Waals surface area contributed by atoms with E-state index >= 15 is 0 Å². The predicted molar refractivity (Wildman–Crippen MR) is 140 cm³/mol. The van der Waals surface area contributed by atoms with Crippen LogP contribution in [0.5, 0.6) is 0 Å². The van der Waals surface area contributed by atoms with Crippen LogP contribution in [0.1, 0.15) is 57.2 Å². The van der Waals surface area contributed by atoms with Gasteiger partial charge in [-0.2, -0.15) is 44.3 Å². The van der Waals surface area contributed by atoms with Crippen LogP contribution < -0.4 is 9.80 Å². The van der Waals surface area contributed by atoms with Gasteiger partial charge in [0.25, 0.3) is 5.95 Å². The van der Waals surface area contributed by atoms with E-state index < -0.39 is 72.8 Å². The molecule has 0 radical (unpaired) electrons. The molecule has 3 atom stereocenters. The minimum atomic E-state index is -5.09. The third-order valence-electron chi connectivity index (χ3n) is 7.31. The van der Waals surface area contributed by atoms with Crippen molar-refractivity contribution in [3.63, 3.8) is 0 Å². The number of aromatic nitrogens is 4. The zero-order valence-electron chi connectivity index (χ0n) is 23.9. The van der Waals surface area contributed by atoms with Crippen molar-refractivity contribution in [2.24, 2.45) is 13.0 Å². The van der Waals surface area contributed by atoms with Crippen LogP contribution in [0.4, 0.5) is 55.9 Å². The maximum Gasteiger partial charge on any atom is 0.416 e. The minimum Gasteiger partial charge on any atom is -0.446 e. The first-order valence-electron chi connectivity index (χ1n) is 13.6. The summed E-state index contributed by atoms with van der Waals surface area (Å²) in [7, 11) is 1.37. The number of ether oxygens (including phenoxy) is 1. The summed E-state index contributed by atoms with van der Waals surface area (Å²) in [6.45, 7) is 4.31. The summed E-state index contributed by atoms with van der Waals surface area (Å²) >= 11 is 0. The largest absolute Gasteiger partial charge is 0.446 e. The molecule has 0 spiro atoms.